The molecule has 3 nitrogen and oxygen atoms in total. The predicted molar refractivity (Wildman–Crippen MR) is 58.7 cm³/mol. The number of alkyl halides is 1. The first kappa shape index (κ1) is 11.0. The molecule has 5 heteroatoms. The Morgan fingerprint density at radius 3 is 2.79 bits per heavy atom. The van der Waals surface area contributed by atoms with Crippen LogP contribution < -0.4 is 5.73 Å². The summed E-state index contributed by atoms with van der Waals surface area (Å²) in [5.41, 5.74) is 6.37. The van der Waals surface area contributed by atoms with Gasteiger partial charge in [0.1, 0.15) is 0 Å². The molecule has 0 aliphatic carbocycles. The van der Waals surface area contributed by atoms with Crippen molar-refractivity contribution in [3.8, 4) is 6.07 Å². The van der Waals surface area contributed by atoms with Crippen molar-refractivity contribution in [1.82, 2.24) is 0 Å². The van der Waals surface area contributed by atoms with E-state index in [0.717, 1.165) is 0 Å². The smallest absolute Gasteiger partial charge is 0.174 e. The number of nitriles is 1. The number of rotatable bonds is 2. The molecule has 0 atom stereocenters. The van der Waals surface area contributed by atoms with Gasteiger partial charge in [0.15, 0.2) is 5.78 Å². The third kappa shape index (κ3) is 2.06. The zero-order chi connectivity index (χ0) is 10.7. The van der Waals surface area contributed by atoms with E-state index in [2.05, 4.69) is 15.9 Å². The standard InChI is InChI=1S/C9H6BrClN2O/c10-3-9(14)6-2-8(13)7(11)1-5(6)4-12/h1-2H,3,13H2. The van der Waals surface area contributed by atoms with Crippen LogP contribution in [0.1, 0.15) is 15.9 Å². The van der Waals surface area contributed by atoms with Gasteiger partial charge in [-0.05, 0) is 12.1 Å². The van der Waals surface area contributed by atoms with Crippen molar-refractivity contribution in [2.24, 2.45) is 0 Å². The minimum absolute atomic E-state index is 0.156. The van der Waals surface area contributed by atoms with Gasteiger partial charge >= 0.3 is 0 Å². The van der Waals surface area contributed by atoms with Crippen molar-refractivity contribution in [2.75, 3.05) is 11.1 Å². The van der Waals surface area contributed by atoms with Gasteiger partial charge < -0.3 is 5.73 Å². The molecular formula is C9H6BrClN2O. The molecule has 0 bridgehead atoms. The van der Waals surface area contributed by atoms with Crippen LogP contribution in [-0.2, 0) is 0 Å². The second-order valence-corrected chi connectivity index (χ2v) is 3.56. The molecule has 72 valence electrons. The Bertz CT molecular complexity index is 426. The second kappa shape index (κ2) is 4.45. The van der Waals surface area contributed by atoms with Gasteiger partial charge in [0.25, 0.3) is 0 Å². The van der Waals surface area contributed by atoms with E-state index in [9.17, 15) is 4.79 Å². The van der Waals surface area contributed by atoms with Crippen molar-refractivity contribution in [3.05, 3.63) is 28.3 Å². The molecule has 1 aromatic rings. The van der Waals surface area contributed by atoms with Crippen LogP contribution in [-0.4, -0.2) is 11.1 Å². The zero-order valence-electron chi connectivity index (χ0n) is 7.05. The maximum atomic E-state index is 11.4. The summed E-state index contributed by atoms with van der Waals surface area (Å²) in [6.45, 7) is 0. The third-order valence-electron chi connectivity index (χ3n) is 1.68. The molecule has 14 heavy (non-hydrogen) atoms. The lowest BCUT2D eigenvalue weighted by atomic mass is 10.0. The van der Waals surface area contributed by atoms with Crippen LogP contribution in [0, 0.1) is 11.3 Å². The number of carbonyl (C=O) groups is 1. The van der Waals surface area contributed by atoms with Gasteiger partial charge in [-0.25, -0.2) is 0 Å². The Morgan fingerprint density at radius 2 is 2.29 bits per heavy atom. The van der Waals surface area contributed by atoms with Crippen molar-refractivity contribution >= 4 is 39.0 Å². The molecule has 0 heterocycles. The quantitative estimate of drug-likeness (QED) is 0.511. The highest BCUT2D eigenvalue weighted by molar-refractivity contribution is 9.09. The van der Waals surface area contributed by atoms with E-state index in [1.165, 1.54) is 12.1 Å². The number of nitrogens with two attached hydrogens (primary N) is 1. The second-order valence-electron chi connectivity index (χ2n) is 2.59. The Labute approximate surface area is 94.6 Å². The lowest BCUT2D eigenvalue weighted by Crippen LogP contribution is -2.04. The van der Waals surface area contributed by atoms with Crippen LogP contribution in [0.5, 0.6) is 0 Å². The first-order valence-electron chi connectivity index (χ1n) is 3.68. The predicted octanol–water partition coefficient (Wildman–Crippen LogP) is 2.37. The maximum absolute atomic E-state index is 11.4. The highest BCUT2D eigenvalue weighted by Gasteiger charge is 2.12. The molecule has 0 saturated carbocycles. The first-order chi connectivity index (χ1) is 6.60. The number of ketones is 1. The monoisotopic (exact) mass is 272 g/mol. The van der Waals surface area contributed by atoms with E-state index >= 15 is 0 Å². The van der Waals surface area contributed by atoms with Gasteiger partial charge in [0, 0.05) is 5.56 Å². The number of Topliss-reactive ketones (excluding diaryl/α,β-unsaturated/α-hetero) is 1. The molecule has 0 radical (unpaired) electrons. The number of anilines is 1. The summed E-state index contributed by atoms with van der Waals surface area (Å²) in [5, 5.41) is 9.20. The average molecular weight is 274 g/mol. The summed E-state index contributed by atoms with van der Waals surface area (Å²) in [5.74, 6) is -0.190. The van der Waals surface area contributed by atoms with Gasteiger partial charge in [-0.3, -0.25) is 4.79 Å². The normalized spacial score (nSPS) is 9.50. The largest absolute Gasteiger partial charge is 0.398 e. The number of halogens is 2. The molecular weight excluding hydrogens is 267 g/mol. The third-order valence-corrected chi connectivity index (χ3v) is 2.52. The molecule has 0 unspecified atom stereocenters. The summed E-state index contributed by atoms with van der Waals surface area (Å²) in [4.78, 5) is 11.4. The molecule has 0 aromatic heterocycles. The number of hydrogen-bond acceptors (Lipinski definition) is 3. The molecule has 0 fully saturated rings. The van der Waals surface area contributed by atoms with Crippen molar-refractivity contribution in [2.45, 2.75) is 0 Å². The minimum atomic E-state index is -0.190. The van der Waals surface area contributed by atoms with Crippen LogP contribution in [0.2, 0.25) is 5.02 Å². The Morgan fingerprint density at radius 1 is 1.64 bits per heavy atom. The van der Waals surface area contributed by atoms with Gasteiger partial charge in [-0.2, -0.15) is 5.26 Å². The molecule has 1 aromatic carbocycles. The summed E-state index contributed by atoms with van der Waals surface area (Å²) in [7, 11) is 0. The summed E-state index contributed by atoms with van der Waals surface area (Å²) >= 11 is 8.74. The SMILES string of the molecule is N#Cc1cc(Cl)c(N)cc1C(=O)CBr. The number of nitrogens with zero attached hydrogens (tertiary/aromatic N) is 1. The topological polar surface area (TPSA) is 66.9 Å². The fourth-order valence-electron chi connectivity index (χ4n) is 0.985. The number of carbonyl (C=O) groups excluding carboxylic acids is 1. The van der Waals surface area contributed by atoms with Crippen LogP contribution >= 0.6 is 27.5 Å². The van der Waals surface area contributed by atoms with Crippen LogP contribution in [0.4, 0.5) is 5.69 Å². The highest BCUT2D eigenvalue weighted by atomic mass is 79.9. The average Bonchev–Trinajstić information content (AvgIpc) is 2.20. The van der Waals surface area contributed by atoms with E-state index in [4.69, 9.17) is 22.6 Å². The Hall–Kier alpha value is -1.05. The van der Waals surface area contributed by atoms with Crippen molar-refractivity contribution in [1.29, 1.82) is 5.26 Å². The number of nitrogen functional groups attached to an aromatic ring is 1. The lowest BCUT2D eigenvalue weighted by molar-refractivity contribution is 0.102. The Balaban J connectivity index is 3.36. The highest BCUT2D eigenvalue weighted by Crippen LogP contribution is 2.23. The van der Waals surface area contributed by atoms with E-state index in [1.54, 1.807) is 0 Å². The van der Waals surface area contributed by atoms with E-state index in [1.807, 2.05) is 6.07 Å². The molecule has 0 spiro atoms. The molecule has 0 saturated heterocycles. The van der Waals surface area contributed by atoms with Gasteiger partial charge in [-0.15, -0.1) is 0 Å². The fourth-order valence-corrected chi connectivity index (χ4v) is 1.45. The summed E-state index contributed by atoms with van der Waals surface area (Å²) in [6, 6.07) is 4.71. The molecule has 0 amide bonds. The lowest BCUT2D eigenvalue weighted by Gasteiger charge is -2.03. The zero-order valence-corrected chi connectivity index (χ0v) is 9.39. The van der Waals surface area contributed by atoms with Gasteiger partial charge in [0.05, 0.1) is 27.7 Å². The summed E-state index contributed by atoms with van der Waals surface area (Å²) in [6.07, 6.45) is 0. The van der Waals surface area contributed by atoms with E-state index in [0.29, 0.717) is 11.3 Å². The van der Waals surface area contributed by atoms with E-state index in [-0.39, 0.29) is 21.7 Å². The van der Waals surface area contributed by atoms with Crippen molar-refractivity contribution in [3.63, 3.8) is 0 Å². The maximum Gasteiger partial charge on any atom is 0.174 e. The number of hydrogen-bond donors (Lipinski definition) is 1. The van der Waals surface area contributed by atoms with Gasteiger partial charge in [-0.1, -0.05) is 27.5 Å². The summed E-state index contributed by atoms with van der Waals surface area (Å²) < 4.78 is 0. The molecule has 0 aliphatic rings. The van der Waals surface area contributed by atoms with Crippen molar-refractivity contribution < 1.29 is 4.79 Å². The molecule has 1 rings (SSSR count). The number of benzene rings is 1. The molecule has 0 aliphatic heterocycles. The Kier molecular flexibility index (Phi) is 3.50. The van der Waals surface area contributed by atoms with Crippen LogP contribution in [0.3, 0.4) is 0 Å². The van der Waals surface area contributed by atoms with Crippen LogP contribution in [0.15, 0.2) is 12.1 Å². The fraction of sp³-hybridized carbons (Fsp3) is 0.111. The molecule has 2 N–H and O–H groups in total. The van der Waals surface area contributed by atoms with E-state index < -0.39 is 0 Å². The van der Waals surface area contributed by atoms with Crippen LogP contribution in [0.25, 0.3) is 0 Å². The van der Waals surface area contributed by atoms with Gasteiger partial charge in [0.2, 0.25) is 0 Å². The first-order valence-corrected chi connectivity index (χ1v) is 5.18. The minimum Gasteiger partial charge on any atom is -0.398 e.